The third kappa shape index (κ3) is 3.89. The van der Waals surface area contributed by atoms with E-state index in [0.29, 0.717) is 18.7 Å². The molecule has 5 nitrogen and oxygen atoms in total. The third-order valence-electron chi connectivity index (χ3n) is 3.08. The van der Waals surface area contributed by atoms with Crippen molar-refractivity contribution in [2.45, 2.75) is 20.3 Å². The molecule has 2 rings (SSSR count). The third-order valence-corrected chi connectivity index (χ3v) is 4.96. The minimum Gasteiger partial charge on any atom is -0.481 e. The molecule has 0 radical (unpaired) electrons. The Morgan fingerprint density at radius 2 is 2.14 bits per heavy atom. The quantitative estimate of drug-likeness (QED) is 0.855. The summed E-state index contributed by atoms with van der Waals surface area (Å²) in [6.07, 6.45) is 0.371. The number of carboxylic acid groups (broad SMARTS) is 1. The van der Waals surface area contributed by atoms with E-state index < -0.39 is 11.4 Å². The van der Waals surface area contributed by atoms with E-state index in [0.717, 1.165) is 9.88 Å². The number of carbonyl (C=O) groups is 2. The fraction of sp³-hybridized carbons (Fsp3) is 0.357. The standard InChI is InChI=1S/C14H16N2O3S2/c1-14(2,13(18)19)5-6-15-11(17)9-8-21-12(16-9)10-4-3-7-20-10/h3-4,7-8H,5-6H2,1-2H3,(H,15,17)(H,18,19). The van der Waals surface area contributed by atoms with Crippen molar-refractivity contribution in [1.82, 2.24) is 10.3 Å². The van der Waals surface area contributed by atoms with Crippen LogP contribution in [0.5, 0.6) is 0 Å². The topological polar surface area (TPSA) is 79.3 Å². The first-order valence-electron chi connectivity index (χ1n) is 6.41. The zero-order valence-electron chi connectivity index (χ0n) is 11.8. The van der Waals surface area contributed by atoms with Gasteiger partial charge in [-0.2, -0.15) is 0 Å². The van der Waals surface area contributed by atoms with Crippen molar-refractivity contribution in [1.29, 1.82) is 0 Å². The summed E-state index contributed by atoms with van der Waals surface area (Å²) in [5.74, 6) is -1.14. The summed E-state index contributed by atoms with van der Waals surface area (Å²) < 4.78 is 0. The second-order valence-corrected chi connectivity index (χ2v) is 7.02. The lowest BCUT2D eigenvalue weighted by atomic mass is 9.90. The van der Waals surface area contributed by atoms with Gasteiger partial charge in [-0.15, -0.1) is 22.7 Å². The molecule has 0 aromatic carbocycles. The molecule has 7 heteroatoms. The number of carboxylic acids is 1. The second-order valence-electron chi connectivity index (χ2n) is 5.21. The lowest BCUT2D eigenvalue weighted by Crippen LogP contribution is -2.32. The number of carbonyl (C=O) groups excluding carboxylic acids is 1. The van der Waals surface area contributed by atoms with Crippen molar-refractivity contribution in [3.8, 4) is 9.88 Å². The van der Waals surface area contributed by atoms with Gasteiger partial charge in [0.05, 0.1) is 10.3 Å². The van der Waals surface area contributed by atoms with E-state index in [-0.39, 0.29) is 5.91 Å². The van der Waals surface area contributed by atoms with E-state index in [1.807, 2.05) is 17.5 Å². The van der Waals surface area contributed by atoms with Crippen molar-refractivity contribution in [3.05, 3.63) is 28.6 Å². The number of aliphatic carboxylic acids is 1. The average Bonchev–Trinajstić information content (AvgIpc) is 3.09. The van der Waals surface area contributed by atoms with Crippen LogP contribution in [-0.4, -0.2) is 28.5 Å². The predicted octanol–water partition coefficient (Wildman–Crippen LogP) is 3.10. The Morgan fingerprint density at radius 3 is 2.76 bits per heavy atom. The summed E-state index contributed by atoms with van der Waals surface area (Å²) in [4.78, 5) is 28.3. The molecule has 0 aliphatic rings. The molecule has 1 amide bonds. The normalized spacial score (nSPS) is 11.3. The summed E-state index contributed by atoms with van der Waals surface area (Å²) >= 11 is 3.00. The van der Waals surface area contributed by atoms with Crippen LogP contribution in [-0.2, 0) is 4.79 Å². The number of thiophene rings is 1. The molecule has 0 fully saturated rings. The highest BCUT2D eigenvalue weighted by Crippen LogP contribution is 2.27. The number of thiazole rings is 1. The van der Waals surface area contributed by atoms with Gasteiger partial charge < -0.3 is 10.4 Å². The Morgan fingerprint density at radius 1 is 1.38 bits per heavy atom. The smallest absolute Gasteiger partial charge is 0.309 e. The van der Waals surface area contributed by atoms with Crippen molar-refractivity contribution >= 4 is 34.6 Å². The zero-order valence-corrected chi connectivity index (χ0v) is 13.4. The molecule has 112 valence electrons. The minimum absolute atomic E-state index is 0.268. The number of hydrogen-bond acceptors (Lipinski definition) is 5. The molecule has 0 bridgehead atoms. The van der Waals surface area contributed by atoms with E-state index in [1.165, 1.54) is 11.3 Å². The molecule has 21 heavy (non-hydrogen) atoms. The number of nitrogens with zero attached hydrogens (tertiary/aromatic N) is 1. The Kier molecular flexibility index (Phi) is 4.74. The van der Waals surface area contributed by atoms with Gasteiger partial charge in [0, 0.05) is 11.9 Å². The molecule has 2 aromatic heterocycles. The molecule has 0 unspecified atom stereocenters. The molecule has 2 N–H and O–H groups in total. The molecule has 0 saturated heterocycles. The fourth-order valence-corrected chi connectivity index (χ4v) is 3.19. The molecule has 2 aromatic rings. The van der Waals surface area contributed by atoms with Gasteiger partial charge in [-0.1, -0.05) is 6.07 Å². The van der Waals surface area contributed by atoms with Crippen LogP contribution in [0.25, 0.3) is 9.88 Å². The highest BCUT2D eigenvalue weighted by Gasteiger charge is 2.26. The Hall–Kier alpha value is -1.73. The maximum absolute atomic E-state index is 12.0. The first-order chi connectivity index (χ1) is 9.90. The second kappa shape index (κ2) is 6.36. The zero-order chi connectivity index (χ0) is 15.5. The summed E-state index contributed by atoms with van der Waals surface area (Å²) in [7, 11) is 0. The van der Waals surface area contributed by atoms with Crippen LogP contribution in [0.3, 0.4) is 0 Å². The Labute approximate surface area is 130 Å². The highest BCUT2D eigenvalue weighted by atomic mass is 32.1. The van der Waals surface area contributed by atoms with Crippen molar-refractivity contribution in [2.75, 3.05) is 6.54 Å². The van der Waals surface area contributed by atoms with Crippen LogP contribution in [0.1, 0.15) is 30.8 Å². The lowest BCUT2D eigenvalue weighted by Gasteiger charge is -2.18. The minimum atomic E-state index is -0.870. The van der Waals surface area contributed by atoms with Gasteiger partial charge in [-0.3, -0.25) is 9.59 Å². The Balaban J connectivity index is 1.91. The van der Waals surface area contributed by atoms with Gasteiger partial charge >= 0.3 is 5.97 Å². The van der Waals surface area contributed by atoms with Crippen LogP contribution < -0.4 is 5.32 Å². The van der Waals surface area contributed by atoms with E-state index in [2.05, 4.69) is 10.3 Å². The number of rotatable bonds is 6. The van der Waals surface area contributed by atoms with Crippen molar-refractivity contribution in [2.24, 2.45) is 5.41 Å². The van der Waals surface area contributed by atoms with Crippen molar-refractivity contribution < 1.29 is 14.7 Å². The first-order valence-corrected chi connectivity index (χ1v) is 8.17. The van der Waals surface area contributed by atoms with Crippen LogP contribution in [0.4, 0.5) is 0 Å². The molecular formula is C14H16N2O3S2. The number of hydrogen-bond donors (Lipinski definition) is 2. The number of nitrogens with one attached hydrogen (secondary N) is 1. The van der Waals surface area contributed by atoms with Gasteiger partial charge in [0.2, 0.25) is 0 Å². The molecule has 0 atom stereocenters. The van der Waals surface area contributed by atoms with Crippen LogP contribution >= 0.6 is 22.7 Å². The lowest BCUT2D eigenvalue weighted by molar-refractivity contribution is -0.147. The average molecular weight is 324 g/mol. The summed E-state index contributed by atoms with van der Waals surface area (Å²) in [5.41, 5.74) is -0.478. The Bertz CT molecular complexity index is 632. The van der Waals surface area contributed by atoms with Crippen LogP contribution in [0.2, 0.25) is 0 Å². The SMILES string of the molecule is CC(C)(CCNC(=O)c1csc(-c2cccs2)n1)C(=O)O. The summed E-state index contributed by atoms with van der Waals surface area (Å²) in [6, 6.07) is 3.90. The molecule has 0 aliphatic carbocycles. The molecular weight excluding hydrogens is 308 g/mol. The van der Waals surface area contributed by atoms with Crippen molar-refractivity contribution in [3.63, 3.8) is 0 Å². The maximum Gasteiger partial charge on any atom is 0.309 e. The number of aromatic nitrogens is 1. The van der Waals surface area contributed by atoms with E-state index in [4.69, 9.17) is 5.11 Å². The maximum atomic E-state index is 12.0. The number of amides is 1. The summed E-state index contributed by atoms with van der Waals surface area (Å²) in [5, 5.41) is 16.2. The monoisotopic (exact) mass is 324 g/mol. The van der Waals surface area contributed by atoms with E-state index in [1.54, 1.807) is 30.6 Å². The molecule has 0 aliphatic heterocycles. The fourth-order valence-electron chi connectivity index (χ4n) is 1.58. The van der Waals surface area contributed by atoms with Gasteiger partial charge in [0.25, 0.3) is 5.91 Å². The molecule has 0 spiro atoms. The van der Waals surface area contributed by atoms with Gasteiger partial charge in [0.1, 0.15) is 10.7 Å². The van der Waals surface area contributed by atoms with Gasteiger partial charge in [0.15, 0.2) is 0 Å². The molecule has 2 heterocycles. The van der Waals surface area contributed by atoms with E-state index >= 15 is 0 Å². The highest BCUT2D eigenvalue weighted by molar-refractivity contribution is 7.20. The summed E-state index contributed by atoms with van der Waals surface area (Å²) in [6.45, 7) is 3.59. The van der Waals surface area contributed by atoms with Crippen LogP contribution in [0, 0.1) is 5.41 Å². The predicted molar refractivity (Wildman–Crippen MR) is 83.8 cm³/mol. The van der Waals surface area contributed by atoms with Crippen LogP contribution in [0.15, 0.2) is 22.9 Å². The van der Waals surface area contributed by atoms with Gasteiger partial charge in [-0.25, -0.2) is 4.98 Å². The van der Waals surface area contributed by atoms with E-state index in [9.17, 15) is 9.59 Å². The molecule has 0 saturated carbocycles. The first kappa shape index (κ1) is 15.7. The van der Waals surface area contributed by atoms with Gasteiger partial charge in [-0.05, 0) is 31.7 Å². The largest absolute Gasteiger partial charge is 0.481 e.